The van der Waals surface area contributed by atoms with Gasteiger partial charge in [-0.2, -0.15) is 15.0 Å². The number of nitrogens with one attached hydrogen (secondary N) is 3. The van der Waals surface area contributed by atoms with Crippen LogP contribution in [0.15, 0.2) is 48.5 Å². The van der Waals surface area contributed by atoms with Crippen molar-refractivity contribution in [2.45, 2.75) is 38.6 Å². The standard InChI is InChI=1S/C30H37N9O4.C4H8/c1-21-20-39(11-10-31-21)27(40)23-4-8-25(9-5-23)33-30(41)32-24-6-2-22(3-7-24)26-34-28(37-12-16-42-17-13-37)36-29(35-26)38-14-18-43-19-15-38;1-2-4-3-1/h2-9,21,31H,10-20H2,1H3,(H2,32,33,41);1-4H2. The predicted molar refractivity (Wildman–Crippen MR) is 182 cm³/mol. The molecular formula is C34H45N9O4. The maximum atomic E-state index is 12.8. The summed E-state index contributed by atoms with van der Waals surface area (Å²) in [6, 6.07) is 14.2. The van der Waals surface area contributed by atoms with Gasteiger partial charge >= 0.3 is 6.03 Å². The third-order valence-corrected chi connectivity index (χ3v) is 8.65. The molecule has 3 N–H and O–H groups in total. The minimum Gasteiger partial charge on any atom is -0.378 e. The highest BCUT2D eigenvalue weighted by molar-refractivity contribution is 6.00. The minimum atomic E-state index is -0.382. The number of carbonyl (C=O) groups is 2. The number of piperazine rings is 1. The van der Waals surface area contributed by atoms with E-state index in [0.717, 1.165) is 38.3 Å². The Hall–Kier alpha value is -4.33. The van der Waals surface area contributed by atoms with E-state index in [1.54, 1.807) is 24.3 Å². The Morgan fingerprint density at radius 3 is 1.72 bits per heavy atom. The molecule has 2 aromatic carbocycles. The van der Waals surface area contributed by atoms with E-state index in [9.17, 15) is 9.59 Å². The molecule has 1 aliphatic carbocycles. The van der Waals surface area contributed by atoms with E-state index in [2.05, 4.69) is 32.7 Å². The van der Waals surface area contributed by atoms with Gasteiger partial charge in [-0.15, -0.1) is 0 Å². The van der Waals surface area contributed by atoms with Gasteiger partial charge in [0.1, 0.15) is 0 Å². The molecule has 4 fully saturated rings. The molecule has 4 aliphatic rings. The van der Waals surface area contributed by atoms with Gasteiger partial charge in [-0.1, -0.05) is 25.7 Å². The lowest BCUT2D eigenvalue weighted by Crippen LogP contribution is -2.51. The van der Waals surface area contributed by atoms with E-state index in [-0.39, 0.29) is 18.0 Å². The van der Waals surface area contributed by atoms with Gasteiger partial charge in [0.25, 0.3) is 5.91 Å². The molecule has 1 aromatic heterocycles. The number of hydrogen-bond acceptors (Lipinski definition) is 10. The van der Waals surface area contributed by atoms with Crippen molar-refractivity contribution in [1.29, 1.82) is 0 Å². The van der Waals surface area contributed by atoms with E-state index in [4.69, 9.17) is 24.4 Å². The number of rotatable bonds is 6. The van der Waals surface area contributed by atoms with Crippen molar-refractivity contribution in [2.75, 3.05) is 92.7 Å². The molecule has 13 nitrogen and oxygen atoms in total. The first-order valence-corrected chi connectivity index (χ1v) is 16.7. The molecule has 0 spiro atoms. The SMILES string of the molecule is C1CCC1.CC1CN(C(=O)c2ccc(NC(=O)Nc3ccc(-c4nc(N5CCOCC5)nc(N5CCOCC5)n4)cc3)cc2)CCN1. The van der Waals surface area contributed by atoms with Crippen molar-refractivity contribution in [1.82, 2.24) is 25.2 Å². The average Bonchev–Trinajstić information content (AvgIpc) is 3.08. The molecule has 1 saturated carbocycles. The Balaban J connectivity index is 0.000000898. The van der Waals surface area contributed by atoms with Gasteiger partial charge in [0, 0.05) is 74.4 Å². The zero-order valence-electron chi connectivity index (χ0n) is 27.1. The summed E-state index contributed by atoms with van der Waals surface area (Å²) < 4.78 is 11.0. The molecule has 3 amide bonds. The van der Waals surface area contributed by atoms with Crippen LogP contribution in [-0.4, -0.2) is 110 Å². The predicted octanol–water partition coefficient (Wildman–Crippen LogP) is 3.85. The summed E-state index contributed by atoms with van der Waals surface area (Å²) in [4.78, 5) is 46.0. The van der Waals surface area contributed by atoms with Gasteiger partial charge in [0.15, 0.2) is 5.82 Å². The fourth-order valence-electron chi connectivity index (χ4n) is 5.53. The van der Waals surface area contributed by atoms with Crippen LogP contribution in [-0.2, 0) is 9.47 Å². The van der Waals surface area contributed by atoms with Crippen molar-refractivity contribution in [2.24, 2.45) is 0 Å². The van der Waals surface area contributed by atoms with Gasteiger partial charge in [-0.3, -0.25) is 4.79 Å². The van der Waals surface area contributed by atoms with Crippen molar-refractivity contribution in [3.05, 3.63) is 54.1 Å². The molecule has 4 heterocycles. The number of hydrogen-bond donors (Lipinski definition) is 3. The zero-order chi connectivity index (χ0) is 32.4. The molecular weight excluding hydrogens is 598 g/mol. The molecule has 1 atom stereocenters. The highest BCUT2D eigenvalue weighted by Gasteiger charge is 2.23. The highest BCUT2D eigenvalue weighted by atomic mass is 16.5. The van der Waals surface area contributed by atoms with E-state index in [1.165, 1.54) is 25.7 Å². The Morgan fingerprint density at radius 1 is 0.723 bits per heavy atom. The summed E-state index contributed by atoms with van der Waals surface area (Å²) in [5.41, 5.74) is 2.63. The molecule has 47 heavy (non-hydrogen) atoms. The number of urea groups is 1. The summed E-state index contributed by atoms with van der Waals surface area (Å²) >= 11 is 0. The van der Waals surface area contributed by atoms with Gasteiger partial charge < -0.3 is 40.1 Å². The van der Waals surface area contributed by atoms with Crippen LogP contribution in [0.2, 0.25) is 0 Å². The smallest absolute Gasteiger partial charge is 0.323 e. The van der Waals surface area contributed by atoms with E-state index in [1.807, 2.05) is 29.2 Å². The first-order valence-electron chi connectivity index (χ1n) is 16.7. The summed E-state index contributed by atoms with van der Waals surface area (Å²) in [6.45, 7) is 9.63. The van der Waals surface area contributed by atoms with Gasteiger partial charge in [0.2, 0.25) is 11.9 Å². The topological polar surface area (TPSA) is 137 Å². The molecule has 7 rings (SSSR count). The monoisotopic (exact) mass is 643 g/mol. The first-order chi connectivity index (χ1) is 23.0. The quantitative estimate of drug-likeness (QED) is 0.363. The number of aromatic nitrogens is 3. The lowest BCUT2D eigenvalue weighted by atomic mass is 10.0. The average molecular weight is 644 g/mol. The number of morpholine rings is 2. The molecule has 3 aromatic rings. The Labute approximate surface area is 276 Å². The van der Waals surface area contributed by atoms with Crippen LogP contribution in [0.5, 0.6) is 0 Å². The van der Waals surface area contributed by atoms with Crippen LogP contribution in [0.3, 0.4) is 0 Å². The van der Waals surface area contributed by atoms with Gasteiger partial charge in [-0.05, 0) is 55.5 Å². The lowest BCUT2D eigenvalue weighted by Gasteiger charge is -2.32. The van der Waals surface area contributed by atoms with Crippen molar-refractivity contribution >= 4 is 35.2 Å². The van der Waals surface area contributed by atoms with Crippen LogP contribution in [0.1, 0.15) is 43.0 Å². The van der Waals surface area contributed by atoms with E-state index in [0.29, 0.717) is 74.2 Å². The van der Waals surface area contributed by atoms with E-state index < -0.39 is 0 Å². The Bertz CT molecular complexity index is 1430. The molecule has 250 valence electrons. The maximum absolute atomic E-state index is 12.8. The molecule has 13 heteroatoms. The molecule has 3 aliphatic heterocycles. The normalized spacial score (nSPS) is 19.6. The van der Waals surface area contributed by atoms with Crippen LogP contribution in [0.25, 0.3) is 11.4 Å². The molecule has 0 radical (unpaired) electrons. The van der Waals surface area contributed by atoms with Crippen molar-refractivity contribution in [3.8, 4) is 11.4 Å². The number of anilines is 4. The highest BCUT2D eigenvalue weighted by Crippen LogP contribution is 2.24. The second kappa shape index (κ2) is 16.0. The van der Waals surface area contributed by atoms with Crippen molar-refractivity contribution in [3.63, 3.8) is 0 Å². The van der Waals surface area contributed by atoms with E-state index >= 15 is 0 Å². The molecule has 0 bridgehead atoms. The second-order valence-electron chi connectivity index (χ2n) is 12.2. The fraction of sp³-hybridized carbons (Fsp3) is 0.500. The number of amides is 3. The van der Waals surface area contributed by atoms with Crippen LogP contribution >= 0.6 is 0 Å². The minimum absolute atomic E-state index is 0.00301. The Kier molecular flexibility index (Phi) is 11.1. The second-order valence-corrected chi connectivity index (χ2v) is 12.2. The summed E-state index contributed by atoms with van der Waals surface area (Å²) in [7, 11) is 0. The van der Waals surface area contributed by atoms with Crippen LogP contribution < -0.4 is 25.8 Å². The van der Waals surface area contributed by atoms with Crippen LogP contribution in [0, 0.1) is 0 Å². The van der Waals surface area contributed by atoms with Gasteiger partial charge in [-0.25, -0.2) is 4.79 Å². The van der Waals surface area contributed by atoms with Crippen LogP contribution in [0.4, 0.5) is 28.1 Å². The largest absolute Gasteiger partial charge is 0.378 e. The Morgan fingerprint density at radius 2 is 1.23 bits per heavy atom. The fourth-order valence-corrected chi connectivity index (χ4v) is 5.53. The zero-order valence-corrected chi connectivity index (χ0v) is 27.1. The lowest BCUT2D eigenvalue weighted by molar-refractivity contribution is 0.0709. The number of nitrogens with zero attached hydrogens (tertiary/aromatic N) is 6. The summed E-state index contributed by atoms with van der Waals surface area (Å²) in [6.07, 6.45) is 6.00. The summed E-state index contributed by atoms with van der Waals surface area (Å²) in [5, 5.41) is 9.03. The summed E-state index contributed by atoms with van der Waals surface area (Å²) in [5.74, 6) is 1.83. The molecule has 1 unspecified atom stereocenters. The third kappa shape index (κ3) is 8.93. The number of benzene rings is 2. The maximum Gasteiger partial charge on any atom is 0.323 e. The number of carbonyl (C=O) groups excluding carboxylic acids is 2. The number of ether oxygens (including phenoxy) is 2. The van der Waals surface area contributed by atoms with Crippen molar-refractivity contribution < 1.29 is 19.1 Å². The van der Waals surface area contributed by atoms with Gasteiger partial charge in [0.05, 0.1) is 26.4 Å². The molecule has 3 saturated heterocycles. The third-order valence-electron chi connectivity index (χ3n) is 8.65. The first kappa shape index (κ1) is 32.6.